The molecule has 1 unspecified atom stereocenters. The van der Waals surface area contributed by atoms with Crippen LogP contribution in [0.2, 0.25) is 0 Å². The summed E-state index contributed by atoms with van der Waals surface area (Å²) in [5.74, 6) is 4.12. The Kier molecular flexibility index (Phi) is 13.2. The van der Waals surface area contributed by atoms with Gasteiger partial charge in [-0.1, -0.05) is 20.3 Å². The second-order valence-electron chi connectivity index (χ2n) is 3.89. The molecule has 0 bridgehead atoms. The number of hydrogen-bond acceptors (Lipinski definition) is 2. The zero-order valence-electron chi connectivity index (χ0n) is 10.2. The molecule has 1 N–H and O–H groups in total. The largest absolute Gasteiger partial charge is 0.316 e. The molecule has 0 aliphatic heterocycles. The Bertz CT molecular complexity index is 116. The first-order chi connectivity index (χ1) is 7.35. The minimum absolute atomic E-state index is 0.784. The molecule has 1 nitrogen and oxygen atoms in total. The number of nitrogens with one attached hydrogen (secondary N) is 1. The fourth-order valence-electron chi connectivity index (χ4n) is 1.66. The molecule has 0 fully saturated rings. The fraction of sp³-hybridized carbons (Fsp3) is 1.00. The number of rotatable bonds is 11. The van der Waals surface area contributed by atoms with Crippen LogP contribution in [0, 0.1) is 5.92 Å². The van der Waals surface area contributed by atoms with Crippen molar-refractivity contribution in [3.63, 3.8) is 0 Å². The van der Waals surface area contributed by atoms with E-state index in [0.717, 1.165) is 31.3 Å². The van der Waals surface area contributed by atoms with Crippen LogP contribution in [0.15, 0.2) is 0 Å². The SMILES string of the molecule is CCCC(CCCl)CNCCCSCC. The minimum Gasteiger partial charge on any atom is -0.316 e. The van der Waals surface area contributed by atoms with Crippen molar-refractivity contribution >= 4 is 23.4 Å². The summed E-state index contributed by atoms with van der Waals surface area (Å²) in [6, 6.07) is 0. The molecule has 0 saturated heterocycles. The molecule has 0 rings (SSSR count). The predicted molar refractivity (Wildman–Crippen MR) is 74.2 cm³/mol. The van der Waals surface area contributed by atoms with Crippen LogP contribution in [0.3, 0.4) is 0 Å². The van der Waals surface area contributed by atoms with Crippen molar-refractivity contribution in [2.24, 2.45) is 5.92 Å². The summed E-state index contributed by atoms with van der Waals surface area (Å²) < 4.78 is 0. The van der Waals surface area contributed by atoms with E-state index in [1.807, 2.05) is 11.8 Å². The molecule has 0 amide bonds. The second kappa shape index (κ2) is 12.7. The van der Waals surface area contributed by atoms with Crippen molar-refractivity contribution in [1.82, 2.24) is 5.32 Å². The third kappa shape index (κ3) is 10.9. The van der Waals surface area contributed by atoms with E-state index in [4.69, 9.17) is 11.6 Å². The van der Waals surface area contributed by atoms with Crippen LogP contribution in [-0.4, -0.2) is 30.5 Å². The lowest BCUT2D eigenvalue weighted by molar-refractivity contribution is 0.432. The van der Waals surface area contributed by atoms with Gasteiger partial charge in [-0.25, -0.2) is 0 Å². The summed E-state index contributed by atoms with van der Waals surface area (Å²) in [6.07, 6.45) is 5.03. The summed E-state index contributed by atoms with van der Waals surface area (Å²) in [5.41, 5.74) is 0. The Morgan fingerprint density at radius 1 is 1.27 bits per heavy atom. The first-order valence-corrected chi connectivity index (χ1v) is 7.88. The van der Waals surface area contributed by atoms with Gasteiger partial charge in [-0.3, -0.25) is 0 Å². The van der Waals surface area contributed by atoms with Crippen molar-refractivity contribution in [3.05, 3.63) is 0 Å². The van der Waals surface area contributed by atoms with Crippen LogP contribution < -0.4 is 5.32 Å². The van der Waals surface area contributed by atoms with Gasteiger partial charge >= 0.3 is 0 Å². The van der Waals surface area contributed by atoms with Crippen LogP contribution in [0.1, 0.15) is 39.5 Å². The third-order valence-corrected chi connectivity index (χ3v) is 3.70. The molecule has 0 aliphatic rings. The molecule has 92 valence electrons. The van der Waals surface area contributed by atoms with E-state index < -0.39 is 0 Å². The molecule has 15 heavy (non-hydrogen) atoms. The molecule has 0 aromatic rings. The second-order valence-corrected chi connectivity index (χ2v) is 5.66. The van der Waals surface area contributed by atoms with E-state index in [0.29, 0.717) is 0 Å². The zero-order chi connectivity index (χ0) is 11.4. The molecule has 0 aromatic heterocycles. The summed E-state index contributed by atoms with van der Waals surface area (Å²) in [4.78, 5) is 0. The molecular formula is C12H26ClNS. The fourth-order valence-corrected chi connectivity index (χ4v) is 2.61. The summed E-state index contributed by atoms with van der Waals surface area (Å²) in [7, 11) is 0. The van der Waals surface area contributed by atoms with Crippen LogP contribution >= 0.6 is 23.4 Å². The van der Waals surface area contributed by atoms with Gasteiger partial charge in [-0.05, 0) is 49.8 Å². The average Bonchev–Trinajstić information content (AvgIpc) is 2.24. The standard InChI is InChI=1S/C12H26ClNS/c1-3-6-12(7-8-13)11-14-9-5-10-15-4-2/h12,14H,3-11H2,1-2H3. The van der Waals surface area contributed by atoms with Gasteiger partial charge in [0.1, 0.15) is 0 Å². The van der Waals surface area contributed by atoms with E-state index in [1.165, 1.54) is 30.8 Å². The number of hydrogen-bond donors (Lipinski definition) is 1. The van der Waals surface area contributed by atoms with Gasteiger partial charge in [-0.2, -0.15) is 11.8 Å². The normalized spacial score (nSPS) is 13.0. The highest BCUT2D eigenvalue weighted by atomic mass is 35.5. The van der Waals surface area contributed by atoms with Crippen molar-refractivity contribution < 1.29 is 0 Å². The van der Waals surface area contributed by atoms with Gasteiger partial charge in [0.2, 0.25) is 0 Å². The molecule has 1 atom stereocenters. The number of alkyl halides is 1. The molecule has 0 heterocycles. The lowest BCUT2D eigenvalue weighted by atomic mass is 10.0. The number of halogens is 1. The van der Waals surface area contributed by atoms with Crippen LogP contribution in [-0.2, 0) is 0 Å². The first-order valence-electron chi connectivity index (χ1n) is 6.19. The van der Waals surface area contributed by atoms with Crippen LogP contribution in [0.5, 0.6) is 0 Å². The molecule has 0 spiro atoms. The summed E-state index contributed by atoms with van der Waals surface area (Å²) in [5, 5.41) is 3.54. The van der Waals surface area contributed by atoms with Gasteiger partial charge in [0.15, 0.2) is 0 Å². The maximum Gasteiger partial charge on any atom is 0.0226 e. The molecule has 3 heteroatoms. The monoisotopic (exact) mass is 251 g/mol. The van der Waals surface area contributed by atoms with E-state index >= 15 is 0 Å². The molecular weight excluding hydrogens is 226 g/mol. The smallest absolute Gasteiger partial charge is 0.0226 e. The van der Waals surface area contributed by atoms with Crippen molar-refractivity contribution in [3.8, 4) is 0 Å². The quantitative estimate of drug-likeness (QED) is 0.443. The maximum atomic E-state index is 5.78. The van der Waals surface area contributed by atoms with Crippen LogP contribution in [0.25, 0.3) is 0 Å². The maximum absolute atomic E-state index is 5.78. The lowest BCUT2D eigenvalue weighted by Crippen LogP contribution is -2.24. The van der Waals surface area contributed by atoms with Crippen molar-refractivity contribution in [2.45, 2.75) is 39.5 Å². The average molecular weight is 252 g/mol. The molecule has 0 radical (unpaired) electrons. The zero-order valence-corrected chi connectivity index (χ0v) is 11.8. The highest BCUT2D eigenvalue weighted by molar-refractivity contribution is 7.99. The van der Waals surface area contributed by atoms with Gasteiger partial charge < -0.3 is 5.32 Å². The topological polar surface area (TPSA) is 12.0 Å². The third-order valence-electron chi connectivity index (χ3n) is 2.49. The Morgan fingerprint density at radius 2 is 2.07 bits per heavy atom. The van der Waals surface area contributed by atoms with Gasteiger partial charge in [-0.15, -0.1) is 11.6 Å². The van der Waals surface area contributed by atoms with E-state index in [-0.39, 0.29) is 0 Å². The molecule has 0 aromatic carbocycles. The Hall–Kier alpha value is 0.600. The minimum atomic E-state index is 0.784. The Labute approximate surface area is 105 Å². The van der Waals surface area contributed by atoms with Gasteiger partial charge in [0.05, 0.1) is 0 Å². The Morgan fingerprint density at radius 3 is 2.67 bits per heavy atom. The first kappa shape index (κ1) is 15.6. The molecule has 0 aliphatic carbocycles. The van der Waals surface area contributed by atoms with Gasteiger partial charge in [0, 0.05) is 5.88 Å². The van der Waals surface area contributed by atoms with Crippen LogP contribution in [0.4, 0.5) is 0 Å². The predicted octanol–water partition coefficient (Wildman–Crippen LogP) is 3.76. The highest BCUT2D eigenvalue weighted by Crippen LogP contribution is 2.10. The summed E-state index contributed by atoms with van der Waals surface area (Å²) >= 11 is 7.81. The summed E-state index contributed by atoms with van der Waals surface area (Å²) in [6.45, 7) is 6.78. The Balaban J connectivity index is 3.28. The van der Waals surface area contributed by atoms with E-state index in [2.05, 4.69) is 19.2 Å². The highest BCUT2D eigenvalue weighted by Gasteiger charge is 2.05. The van der Waals surface area contributed by atoms with E-state index in [9.17, 15) is 0 Å². The van der Waals surface area contributed by atoms with Gasteiger partial charge in [0.25, 0.3) is 0 Å². The van der Waals surface area contributed by atoms with Crippen molar-refractivity contribution in [1.29, 1.82) is 0 Å². The lowest BCUT2D eigenvalue weighted by Gasteiger charge is -2.15. The number of thioether (sulfide) groups is 1. The molecule has 0 saturated carbocycles. The van der Waals surface area contributed by atoms with Crippen molar-refractivity contribution in [2.75, 3.05) is 30.5 Å². The van der Waals surface area contributed by atoms with E-state index in [1.54, 1.807) is 0 Å².